The Balaban J connectivity index is 2.00. The molecule has 1 unspecified atom stereocenters. The third-order valence-electron chi connectivity index (χ3n) is 4.85. The van der Waals surface area contributed by atoms with E-state index in [1.54, 1.807) is 31.5 Å². The molecule has 14 nitrogen and oxygen atoms in total. The van der Waals surface area contributed by atoms with Crippen molar-refractivity contribution in [1.82, 2.24) is 20.9 Å². The first kappa shape index (κ1) is 29.4. The maximum absolute atomic E-state index is 12.6. The van der Waals surface area contributed by atoms with Crippen LogP contribution in [0.15, 0.2) is 23.7 Å². The fraction of sp³-hybridized carbons (Fsp3) is 0.455. The van der Waals surface area contributed by atoms with E-state index in [1.807, 2.05) is 0 Å². The minimum atomic E-state index is -1.27. The first-order chi connectivity index (χ1) is 17.7. The molecular weight excluding hydrogens is 508 g/mol. The minimum absolute atomic E-state index is 0.119. The fourth-order valence-corrected chi connectivity index (χ4v) is 3.71. The molecule has 0 fully saturated rings. The minimum Gasteiger partial charge on any atom is -0.465 e. The Morgan fingerprint density at radius 1 is 1.14 bits per heavy atom. The van der Waals surface area contributed by atoms with Crippen molar-refractivity contribution in [3.05, 3.63) is 23.7 Å². The number of fused-ring (bicyclic) bond motifs is 1. The van der Waals surface area contributed by atoms with E-state index in [1.165, 1.54) is 17.4 Å². The third-order valence-corrected chi connectivity index (χ3v) is 5.64. The van der Waals surface area contributed by atoms with Crippen LogP contribution in [-0.4, -0.2) is 78.4 Å². The lowest BCUT2D eigenvalue weighted by Gasteiger charge is -2.20. The number of anilines is 1. The molecule has 1 aromatic heterocycles. The summed E-state index contributed by atoms with van der Waals surface area (Å²) in [5.41, 5.74) is 8.20. The molecular formula is C22H30N6O8S. The quantitative estimate of drug-likeness (QED) is 0.132. The van der Waals surface area contributed by atoms with Crippen LogP contribution >= 0.6 is 11.3 Å². The number of ether oxygens (including phenoxy) is 2. The van der Waals surface area contributed by atoms with Gasteiger partial charge in [0, 0.05) is 13.0 Å². The summed E-state index contributed by atoms with van der Waals surface area (Å²) in [7, 11) is 0. The van der Waals surface area contributed by atoms with Gasteiger partial charge < -0.3 is 31.2 Å². The van der Waals surface area contributed by atoms with Crippen LogP contribution in [0.5, 0.6) is 0 Å². The van der Waals surface area contributed by atoms with Crippen molar-refractivity contribution in [2.75, 3.05) is 31.4 Å². The van der Waals surface area contributed by atoms with Crippen molar-refractivity contribution >= 4 is 57.0 Å². The molecule has 2 aromatic rings. The smallest absolute Gasteiger partial charge is 0.325 e. The number of rotatable bonds is 13. The number of nitrogens with zero attached hydrogens (tertiary/aromatic N) is 2. The van der Waals surface area contributed by atoms with Crippen molar-refractivity contribution < 1.29 is 38.7 Å². The Hall–Kier alpha value is -3.82. The highest BCUT2D eigenvalue weighted by molar-refractivity contribution is 7.16. The molecule has 1 aromatic carbocycles. The van der Waals surface area contributed by atoms with Crippen LogP contribution in [0.4, 0.5) is 10.5 Å². The molecule has 0 aliphatic carbocycles. The number of hydrogen-bond donors (Lipinski definition) is 5. The van der Waals surface area contributed by atoms with E-state index in [0.29, 0.717) is 10.6 Å². The standard InChI is InChI=1S/C22H30N6O8S/c1-3-35-19(30)11-24-20(31)16(27-22(33)25-10-14(23)21(32)36-4-2)7-8-18(29)28(34)13-5-6-15-17(9-13)37-12-26-15/h5-6,9,12,14,16,34H,3-4,7-8,10-11,23H2,1-2H3,(H,24,31)(H2,25,27,33)/t14-,16?/m0/s1. The maximum atomic E-state index is 12.6. The zero-order valence-corrected chi connectivity index (χ0v) is 21.2. The third kappa shape index (κ3) is 9.29. The van der Waals surface area contributed by atoms with Crippen molar-refractivity contribution in [3.8, 4) is 0 Å². The Labute approximate surface area is 216 Å². The maximum Gasteiger partial charge on any atom is 0.325 e. The van der Waals surface area contributed by atoms with E-state index in [-0.39, 0.29) is 38.3 Å². The van der Waals surface area contributed by atoms with Gasteiger partial charge in [-0.3, -0.25) is 24.4 Å². The molecule has 4 amide bonds. The molecule has 0 radical (unpaired) electrons. The topological polar surface area (TPSA) is 202 Å². The molecule has 1 heterocycles. The Morgan fingerprint density at radius 2 is 1.86 bits per heavy atom. The number of aromatic nitrogens is 1. The van der Waals surface area contributed by atoms with Crippen molar-refractivity contribution in [2.45, 2.75) is 38.8 Å². The van der Waals surface area contributed by atoms with Crippen LogP contribution in [0.2, 0.25) is 0 Å². The van der Waals surface area contributed by atoms with Gasteiger partial charge in [-0.25, -0.2) is 9.78 Å². The molecule has 2 rings (SSSR count). The molecule has 0 saturated heterocycles. The van der Waals surface area contributed by atoms with Crippen molar-refractivity contribution in [1.29, 1.82) is 0 Å². The highest BCUT2D eigenvalue weighted by Crippen LogP contribution is 2.24. The van der Waals surface area contributed by atoms with Gasteiger partial charge >= 0.3 is 18.0 Å². The summed E-state index contributed by atoms with van der Waals surface area (Å²) >= 11 is 1.34. The van der Waals surface area contributed by atoms with Gasteiger partial charge in [0.15, 0.2) is 0 Å². The molecule has 0 bridgehead atoms. The summed E-state index contributed by atoms with van der Waals surface area (Å²) in [6, 6.07) is 1.52. The van der Waals surface area contributed by atoms with Crippen molar-refractivity contribution in [2.24, 2.45) is 5.73 Å². The first-order valence-corrected chi connectivity index (χ1v) is 12.3. The lowest BCUT2D eigenvalue weighted by atomic mass is 10.1. The summed E-state index contributed by atoms with van der Waals surface area (Å²) in [5, 5.41) is 17.8. The van der Waals surface area contributed by atoms with Gasteiger partial charge in [-0.2, -0.15) is 5.06 Å². The SMILES string of the molecule is CCOC(=O)CNC(=O)C(CCC(=O)N(O)c1ccc2ncsc2c1)NC(=O)NC[C@H](N)C(=O)OCC. The van der Waals surface area contributed by atoms with Crippen LogP contribution in [0, 0.1) is 0 Å². The van der Waals surface area contributed by atoms with E-state index in [9.17, 15) is 29.2 Å². The van der Waals surface area contributed by atoms with E-state index in [2.05, 4.69) is 20.9 Å². The number of hydrogen-bond acceptors (Lipinski definition) is 11. The number of hydroxylamine groups is 1. The molecule has 0 aliphatic rings. The van der Waals surface area contributed by atoms with Crippen LogP contribution < -0.4 is 26.7 Å². The second kappa shape index (κ2) is 14.7. The number of nitrogens with one attached hydrogen (secondary N) is 3. The largest absolute Gasteiger partial charge is 0.465 e. The predicted octanol–water partition coefficient (Wildman–Crippen LogP) is 0.0362. The number of carbonyl (C=O) groups is 5. The Kier molecular flexibility index (Phi) is 11.7. The van der Waals surface area contributed by atoms with Gasteiger partial charge in [-0.05, 0) is 38.5 Å². The molecule has 2 atom stereocenters. The van der Waals surface area contributed by atoms with Gasteiger partial charge in [0.25, 0.3) is 5.91 Å². The summed E-state index contributed by atoms with van der Waals surface area (Å²) in [5.74, 6) is -2.90. The summed E-state index contributed by atoms with van der Waals surface area (Å²) in [6.07, 6.45) is -0.554. The van der Waals surface area contributed by atoms with E-state index in [4.69, 9.17) is 15.2 Å². The number of amides is 4. The molecule has 0 aliphatic heterocycles. The van der Waals surface area contributed by atoms with Crippen LogP contribution in [-0.2, 0) is 28.7 Å². The van der Waals surface area contributed by atoms with Crippen molar-refractivity contribution in [3.63, 3.8) is 0 Å². The normalized spacial score (nSPS) is 12.2. The lowest BCUT2D eigenvalue weighted by Crippen LogP contribution is -2.53. The van der Waals surface area contributed by atoms with E-state index < -0.39 is 48.4 Å². The van der Waals surface area contributed by atoms with Crippen LogP contribution in [0.1, 0.15) is 26.7 Å². The van der Waals surface area contributed by atoms with Gasteiger partial charge in [0.2, 0.25) is 5.91 Å². The monoisotopic (exact) mass is 538 g/mol. The number of thiazole rings is 1. The first-order valence-electron chi connectivity index (χ1n) is 11.4. The highest BCUT2D eigenvalue weighted by atomic mass is 32.1. The molecule has 6 N–H and O–H groups in total. The van der Waals surface area contributed by atoms with Crippen LogP contribution in [0.25, 0.3) is 10.2 Å². The molecule has 15 heteroatoms. The number of esters is 2. The highest BCUT2D eigenvalue weighted by Gasteiger charge is 2.25. The lowest BCUT2D eigenvalue weighted by molar-refractivity contribution is -0.144. The predicted molar refractivity (Wildman–Crippen MR) is 133 cm³/mol. The second-order valence-corrected chi connectivity index (χ2v) is 8.42. The summed E-state index contributed by atoms with van der Waals surface area (Å²) in [6.45, 7) is 2.73. The fourth-order valence-electron chi connectivity index (χ4n) is 3.00. The summed E-state index contributed by atoms with van der Waals surface area (Å²) < 4.78 is 10.3. The average molecular weight is 539 g/mol. The number of benzene rings is 1. The van der Waals surface area contributed by atoms with Gasteiger partial charge in [-0.15, -0.1) is 11.3 Å². The zero-order valence-electron chi connectivity index (χ0n) is 20.4. The number of carbonyl (C=O) groups excluding carboxylic acids is 5. The molecule has 0 saturated carbocycles. The molecule has 37 heavy (non-hydrogen) atoms. The van der Waals surface area contributed by atoms with Gasteiger partial charge in [-0.1, -0.05) is 0 Å². The Bertz CT molecular complexity index is 1110. The summed E-state index contributed by atoms with van der Waals surface area (Å²) in [4.78, 5) is 64.9. The second-order valence-electron chi connectivity index (χ2n) is 7.54. The molecule has 202 valence electrons. The van der Waals surface area contributed by atoms with E-state index >= 15 is 0 Å². The number of urea groups is 1. The van der Waals surface area contributed by atoms with Crippen LogP contribution in [0.3, 0.4) is 0 Å². The van der Waals surface area contributed by atoms with E-state index in [0.717, 1.165) is 4.70 Å². The zero-order chi connectivity index (χ0) is 27.4. The number of nitrogens with two attached hydrogens (primary N) is 1. The average Bonchev–Trinajstić information content (AvgIpc) is 3.35. The van der Waals surface area contributed by atoms with Gasteiger partial charge in [0.05, 0.1) is 34.6 Å². The Morgan fingerprint density at radius 3 is 2.57 bits per heavy atom. The van der Waals surface area contributed by atoms with Gasteiger partial charge in [0.1, 0.15) is 18.6 Å². The molecule has 0 spiro atoms.